The van der Waals surface area contributed by atoms with Crippen LogP contribution in [0.3, 0.4) is 0 Å². The molecule has 0 heterocycles. The van der Waals surface area contributed by atoms with Gasteiger partial charge in [0.25, 0.3) is 0 Å². The molecule has 0 amide bonds. The number of phosphoric acid groups is 1. The van der Waals surface area contributed by atoms with Crippen LogP contribution in [0.1, 0.15) is 0 Å². The van der Waals surface area contributed by atoms with Gasteiger partial charge in [0.15, 0.2) is 9.76 Å². The highest BCUT2D eigenvalue weighted by atomic mass is 31.2. The highest BCUT2D eigenvalue weighted by Crippen LogP contribution is 2.46. The predicted octanol–water partition coefficient (Wildman–Crippen LogP) is 0.536. The smallest absolute Gasteiger partial charge is 0.338 e. The lowest BCUT2D eigenvalue weighted by molar-refractivity contribution is 0.214. The molecule has 0 fully saturated rings. The van der Waals surface area contributed by atoms with E-state index in [1.165, 1.54) is 14.2 Å². The lowest BCUT2D eigenvalue weighted by Gasteiger charge is -2.11. The van der Waals surface area contributed by atoms with E-state index < -0.39 is 17.6 Å². The fourth-order valence-corrected chi connectivity index (χ4v) is 2.60. The molecular weight excluding hydrogens is 159 g/mol. The van der Waals surface area contributed by atoms with Crippen molar-refractivity contribution in [2.75, 3.05) is 14.2 Å². The topological polar surface area (TPSA) is 44.8 Å². The Morgan fingerprint density at radius 1 is 1.33 bits per heavy atom. The molecule has 4 nitrogen and oxygen atoms in total. The molecule has 0 saturated heterocycles. The van der Waals surface area contributed by atoms with Gasteiger partial charge in [-0.3, -0.25) is 9.05 Å². The van der Waals surface area contributed by atoms with Gasteiger partial charge in [-0.1, -0.05) is 6.55 Å². The summed E-state index contributed by atoms with van der Waals surface area (Å²) in [6.45, 7) is 1.85. The van der Waals surface area contributed by atoms with Crippen LogP contribution in [0, 0.1) is 0 Å². The molecule has 0 atom stereocenters. The maximum Gasteiger partial charge on any atom is 0.463 e. The molecule has 0 aliphatic heterocycles. The number of hydrogen-bond acceptors (Lipinski definition) is 4. The van der Waals surface area contributed by atoms with Gasteiger partial charge in [-0.25, -0.2) is 4.57 Å². The zero-order chi connectivity index (χ0) is 7.33. The summed E-state index contributed by atoms with van der Waals surface area (Å²) in [7, 11) is -1.24. The summed E-state index contributed by atoms with van der Waals surface area (Å²) in [5.74, 6) is 0. The van der Waals surface area contributed by atoms with E-state index in [0.29, 0.717) is 0 Å². The first-order valence-electron chi connectivity index (χ1n) is 2.54. The first-order chi connectivity index (χ1) is 4.18. The van der Waals surface area contributed by atoms with Gasteiger partial charge in [-0.15, -0.1) is 0 Å². The molecule has 0 aliphatic rings. The fourth-order valence-electron chi connectivity index (χ4n) is 0.338. The van der Waals surface area contributed by atoms with Crippen LogP contribution in [-0.2, 0) is 17.8 Å². The number of rotatable bonds is 4. The summed E-state index contributed by atoms with van der Waals surface area (Å²) in [4.78, 5) is 0. The first kappa shape index (κ1) is 9.33. The van der Waals surface area contributed by atoms with Gasteiger partial charge < -0.3 is 4.21 Å². The van der Waals surface area contributed by atoms with Crippen molar-refractivity contribution in [3.8, 4) is 0 Å². The van der Waals surface area contributed by atoms with Crippen molar-refractivity contribution in [2.45, 2.75) is 6.55 Å². The first-order valence-corrected chi connectivity index (χ1v) is 5.99. The molecule has 0 aromatic carbocycles. The predicted molar refractivity (Wildman–Crippen MR) is 37.1 cm³/mol. The quantitative estimate of drug-likeness (QED) is 0.456. The van der Waals surface area contributed by atoms with Crippen molar-refractivity contribution in [2.24, 2.45) is 0 Å². The molecule has 0 rings (SSSR count). The Kier molecular flexibility index (Phi) is 4.34. The lowest BCUT2D eigenvalue weighted by Crippen LogP contribution is -1.95. The van der Waals surface area contributed by atoms with Crippen LogP contribution in [0.15, 0.2) is 0 Å². The van der Waals surface area contributed by atoms with Crippen LogP contribution >= 0.6 is 7.82 Å². The molecule has 0 N–H and O–H groups in total. The average Bonchev–Trinajstić information content (AvgIpc) is 1.89. The summed E-state index contributed by atoms with van der Waals surface area (Å²) >= 11 is 0. The summed E-state index contributed by atoms with van der Waals surface area (Å²) < 4.78 is 24.6. The summed E-state index contributed by atoms with van der Waals surface area (Å²) in [5, 5.41) is 0. The van der Waals surface area contributed by atoms with E-state index in [4.69, 9.17) is 4.21 Å². The second-order valence-electron chi connectivity index (χ2n) is 1.23. The number of hydrogen-bond donors (Lipinski definition) is 0. The Bertz CT molecular complexity index is 108. The maximum atomic E-state index is 10.9. The summed E-state index contributed by atoms with van der Waals surface area (Å²) in [6, 6.07) is 0. The Labute approximate surface area is 57.1 Å². The maximum absolute atomic E-state index is 10.9. The summed E-state index contributed by atoms with van der Waals surface area (Å²) in [6.07, 6.45) is 0. The Balaban J connectivity index is 3.78. The fraction of sp³-hybridized carbons (Fsp3) is 1.00. The SMILES string of the molecule is COP(=O)(OC)O[SiH2]C. The molecule has 6 heteroatoms. The molecule has 0 radical (unpaired) electrons. The summed E-state index contributed by atoms with van der Waals surface area (Å²) in [5.41, 5.74) is 0. The second kappa shape index (κ2) is 4.19. The molecule has 0 saturated carbocycles. The molecule has 0 spiro atoms. The van der Waals surface area contributed by atoms with Crippen molar-refractivity contribution in [3.63, 3.8) is 0 Å². The van der Waals surface area contributed by atoms with Gasteiger partial charge in [-0.05, 0) is 0 Å². The highest BCUT2D eigenvalue weighted by Gasteiger charge is 2.19. The van der Waals surface area contributed by atoms with E-state index >= 15 is 0 Å². The monoisotopic (exact) mass is 170 g/mol. The molecule has 0 bridgehead atoms. The highest BCUT2D eigenvalue weighted by molar-refractivity contribution is 7.49. The van der Waals surface area contributed by atoms with Crippen molar-refractivity contribution >= 4 is 17.6 Å². The van der Waals surface area contributed by atoms with E-state index in [1.807, 2.05) is 6.55 Å². The van der Waals surface area contributed by atoms with Crippen LogP contribution in [0.2, 0.25) is 6.55 Å². The Hall–Kier alpha value is 0.327. The van der Waals surface area contributed by atoms with E-state index in [-0.39, 0.29) is 0 Å². The molecule has 0 unspecified atom stereocenters. The Morgan fingerprint density at radius 3 is 1.89 bits per heavy atom. The average molecular weight is 170 g/mol. The standard InChI is InChI=1S/C3H11O4PSi/c1-5-8(4,6-2)7-9-3/h9H2,1-3H3. The van der Waals surface area contributed by atoms with Crippen molar-refractivity contribution in [3.05, 3.63) is 0 Å². The van der Waals surface area contributed by atoms with Gasteiger partial charge in [0.1, 0.15) is 0 Å². The van der Waals surface area contributed by atoms with Crippen molar-refractivity contribution in [1.29, 1.82) is 0 Å². The molecule has 0 aromatic rings. The van der Waals surface area contributed by atoms with Crippen molar-refractivity contribution in [1.82, 2.24) is 0 Å². The minimum absolute atomic E-state index is 0.725. The van der Waals surface area contributed by atoms with Crippen LogP contribution in [-0.4, -0.2) is 24.0 Å². The minimum atomic E-state index is -3.12. The molecule has 0 aliphatic carbocycles. The lowest BCUT2D eigenvalue weighted by atomic mass is 11.8. The zero-order valence-electron chi connectivity index (χ0n) is 5.79. The molecule has 9 heavy (non-hydrogen) atoms. The van der Waals surface area contributed by atoms with Crippen LogP contribution in [0.5, 0.6) is 0 Å². The molecule has 0 aromatic heterocycles. The second-order valence-corrected chi connectivity index (χ2v) is 4.47. The van der Waals surface area contributed by atoms with Gasteiger partial charge >= 0.3 is 7.82 Å². The third-order valence-corrected chi connectivity index (χ3v) is 3.93. The largest absolute Gasteiger partial charge is 0.463 e. The van der Waals surface area contributed by atoms with Gasteiger partial charge in [-0.2, -0.15) is 0 Å². The van der Waals surface area contributed by atoms with Crippen LogP contribution < -0.4 is 0 Å². The number of phosphoric ester groups is 1. The Morgan fingerprint density at radius 2 is 1.78 bits per heavy atom. The molecular formula is C3H11O4PSi. The molecule has 56 valence electrons. The van der Waals surface area contributed by atoms with Crippen LogP contribution in [0.25, 0.3) is 0 Å². The third kappa shape index (κ3) is 3.13. The van der Waals surface area contributed by atoms with Gasteiger partial charge in [0, 0.05) is 14.2 Å². The van der Waals surface area contributed by atoms with E-state index in [1.54, 1.807) is 0 Å². The van der Waals surface area contributed by atoms with Crippen LogP contribution in [0.4, 0.5) is 0 Å². The minimum Gasteiger partial charge on any atom is -0.338 e. The van der Waals surface area contributed by atoms with Gasteiger partial charge in [0.05, 0.1) is 0 Å². The van der Waals surface area contributed by atoms with Gasteiger partial charge in [0.2, 0.25) is 0 Å². The van der Waals surface area contributed by atoms with E-state index in [9.17, 15) is 4.57 Å². The van der Waals surface area contributed by atoms with Crippen molar-refractivity contribution < 1.29 is 17.8 Å². The van der Waals surface area contributed by atoms with E-state index in [0.717, 1.165) is 0 Å². The normalized spacial score (nSPS) is 13.2. The van der Waals surface area contributed by atoms with E-state index in [2.05, 4.69) is 9.05 Å². The zero-order valence-corrected chi connectivity index (χ0v) is 8.10. The third-order valence-electron chi connectivity index (χ3n) is 0.734.